The number of hydrogen-bond acceptors (Lipinski definition) is 2. The number of piperidine rings is 1. The van der Waals surface area contributed by atoms with Crippen LogP contribution in [0.25, 0.3) is 10.9 Å². The van der Waals surface area contributed by atoms with Gasteiger partial charge in [0.2, 0.25) is 0 Å². The second-order valence-corrected chi connectivity index (χ2v) is 7.14. The van der Waals surface area contributed by atoms with E-state index >= 15 is 0 Å². The molecule has 1 aromatic heterocycles. The zero-order chi connectivity index (χ0) is 17.3. The van der Waals surface area contributed by atoms with E-state index in [-0.39, 0.29) is 24.1 Å². The lowest BCUT2D eigenvalue weighted by atomic mass is 9.93. The maximum atomic E-state index is 14.0. The standard InChI is InChI=1S/C17H18BrFN2O3/c18-11-6-13(19)12-8-15(20-14(12)7-11)17(24)21-5-1-2-10(9-21)3-4-16(22)23/h6-8,10,20H,1-5,9H2,(H,22,23)/t10-/m1/s1. The molecule has 1 fully saturated rings. The summed E-state index contributed by atoms with van der Waals surface area (Å²) in [4.78, 5) is 28.1. The van der Waals surface area contributed by atoms with Crippen molar-refractivity contribution in [2.45, 2.75) is 25.7 Å². The van der Waals surface area contributed by atoms with Gasteiger partial charge in [-0.05, 0) is 43.4 Å². The van der Waals surface area contributed by atoms with Gasteiger partial charge in [-0.1, -0.05) is 15.9 Å². The van der Waals surface area contributed by atoms with Gasteiger partial charge in [0.25, 0.3) is 5.91 Å². The number of aromatic amines is 1. The second kappa shape index (κ2) is 6.93. The topological polar surface area (TPSA) is 73.4 Å². The van der Waals surface area contributed by atoms with Gasteiger partial charge in [0.15, 0.2) is 0 Å². The van der Waals surface area contributed by atoms with Crippen LogP contribution in [0.1, 0.15) is 36.2 Å². The molecule has 0 bridgehead atoms. The highest BCUT2D eigenvalue weighted by molar-refractivity contribution is 9.10. The van der Waals surface area contributed by atoms with Gasteiger partial charge in [0, 0.05) is 29.4 Å². The van der Waals surface area contributed by atoms with Gasteiger partial charge in [-0.2, -0.15) is 0 Å². The molecule has 0 spiro atoms. The Morgan fingerprint density at radius 3 is 2.92 bits per heavy atom. The number of nitrogens with zero attached hydrogens (tertiary/aromatic N) is 1. The van der Waals surface area contributed by atoms with E-state index in [0.29, 0.717) is 40.6 Å². The van der Waals surface area contributed by atoms with Crippen molar-refractivity contribution in [3.63, 3.8) is 0 Å². The van der Waals surface area contributed by atoms with Gasteiger partial charge in [0.05, 0.1) is 5.52 Å². The Kier molecular flexibility index (Phi) is 4.89. The Balaban J connectivity index is 1.76. The molecule has 0 radical (unpaired) electrons. The largest absolute Gasteiger partial charge is 0.481 e. The van der Waals surface area contributed by atoms with Crippen molar-refractivity contribution < 1.29 is 19.1 Å². The van der Waals surface area contributed by atoms with E-state index in [4.69, 9.17) is 5.11 Å². The highest BCUT2D eigenvalue weighted by Crippen LogP contribution is 2.26. The fourth-order valence-electron chi connectivity index (χ4n) is 3.26. The molecule has 24 heavy (non-hydrogen) atoms. The molecule has 0 aliphatic carbocycles. The summed E-state index contributed by atoms with van der Waals surface area (Å²) in [6.45, 7) is 1.19. The summed E-state index contributed by atoms with van der Waals surface area (Å²) in [5.74, 6) is -1.15. The van der Waals surface area contributed by atoms with Gasteiger partial charge in [0.1, 0.15) is 11.5 Å². The molecule has 7 heteroatoms. The molecule has 0 unspecified atom stereocenters. The summed E-state index contributed by atoms with van der Waals surface area (Å²) < 4.78 is 14.6. The number of halogens is 2. The van der Waals surface area contributed by atoms with Crippen LogP contribution in [0.4, 0.5) is 4.39 Å². The number of aromatic nitrogens is 1. The normalized spacial score (nSPS) is 18.1. The molecule has 1 atom stereocenters. The molecule has 1 aliphatic rings. The molecule has 1 amide bonds. The van der Waals surface area contributed by atoms with Crippen LogP contribution in [-0.4, -0.2) is 40.0 Å². The molecule has 2 heterocycles. The van der Waals surface area contributed by atoms with Crippen molar-refractivity contribution in [2.75, 3.05) is 13.1 Å². The number of rotatable bonds is 4. The number of aliphatic carboxylic acids is 1. The molecular weight excluding hydrogens is 379 g/mol. The van der Waals surface area contributed by atoms with Crippen LogP contribution in [0.15, 0.2) is 22.7 Å². The first-order valence-electron chi connectivity index (χ1n) is 7.93. The Labute approximate surface area is 147 Å². The van der Waals surface area contributed by atoms with Crippen LogP contribution in [-0.2, 0) is 4.79 Å². The second-order valence-electron chi connectivity index (χ2n) is 6.22. The first-order chi connectivity index (χ1) is 11.4. The Morgan fingerprint density at radius 1 is 1.38 bits per heavy atom. The average molecular weight is 397 g/mol. The lowest BCUT2D eigenvalue weighted by molar-refractivity contribution is -0.137. The minimum absolute atomic E-state index is 0.123. The lowest BCUT2D eigenvalue weighted by Crippen LogP contribution is -2.40. The van der Waals surface area contributed by atoms with E-state index in [0.717, 1.165) is 12.8 Å². The van der Waals surface area contributed by atoms with Crippen LogP contribution in [0.5, 0.6) is 0 Å². The van der Waals surface area contributed by atoms with Crippen molar-refractivity contribution in [3.8, 4) is 0 Å². The third-order valence-electron chi connectivity index (χ3n) is 4.46. The predicted octanol–water partition coefficient (Wildman–Crippen LogP) is 3.79. The molecule has 1 aromatic carbocycles. The minimum Gasteiger partial charge on any atom is -0.481 e. The number of fused-ring (bicyclic) bond motifs is 1. The van der Waals surface area contributed by atoms with E-state index in [1.807, 2.05) is 0 Å². The van der Waals surface area contributed by atoms with Gasteiger partial charge in [-0.3, -0.25) is 9.59 Å². The number of carbonyl (C=O) groups is 2. The smallest absolute Gasteiger partial charge is 0.303 e. The maximum Gasteiger partial charge on any atom is 0.303 e. The predicted molar refractivity (Wildman–Crippen MR) is 91.5 cm³/mol. The molecule has 5 nitrogen and oxygen atoms in total. The average Bonchev–Trinajstić information content (AvgIpc) is 2.96. The number of nitrogens with one attached hydrogen (secondary N) is 1. The van der Waals surface area contributed by atoms with Crippen LogP contribution < -0.4 is 0 Å². The van der Waals surface area contributed by atoms with Gasteiger partial charge >= 0.3 is 5.97 Å². The Bertz CT molecular complexity index is 789. The van der Waals surface area contributed by atoms with Crippen molar-refractivity contribution in [3.05, 3.63) is 34.2 Å². The maximum absolute atomic E-state index is 14.0. The van der Waals surface area contributed by atoms with E-state index < -0.39 is 5.97 Å². The lowest BCUT2D eigenvalue weighted by Gasteiger charge is -2.32. The van der Waals surface area contributed by atoms with Crippen molar-refractivity contribution >= 4 is 38.7 Å². The fraction of sp³-hybridized carbons (Fsp3) is 0.412. The van der Waals surface area contributed by atoms with Gasteiger partial charge < -0.3 is 15.0 Å². The summed E-state index contributed by atoms with van der Waals surface area (Å²) in [6, 6.07) is 4.65. The zero-order valence-electron chi connectivity index (χ0n) is 13.0. The number of carboxylic acids is 1. The number of hydrogen-bond donors (Lipinski definition) is 2. The summed E-state index contributed by atoms with van der Waals surface area (Å²) in [6.07, 6.45) is 2.49. The molecule has 1 saturated heterocycles. The van der Waals surface area contributed by atoms with Gasteiger partial charge in [-0.15, -0.1) is 0 Å². The fourth-order valence-corrected chi connectivity index (χ4v) is 3.69. The number of carboxylic acid groups (broad SMARTS) is 1. The van der Waals surface area contributed by atoms with E-state index in [9.17, 15) is 14.0 Å². The number of amides is 1. The molecular formula is C17H18BrFN2O3. The molecule has 128 valence electrons. The first-order valence-corrected chi connectivity index (χ1v) is 8.72. The molecule has 2 N–H and O–H groups in total. The summed E-state index contributed by atoms with van der Waals surface area (Å²) in [5.41, 5.74) is 0.936. The van der Waals surface area contributed by atoms with Crippen LogP contribution in [0.2, 0.25) is 0 Å². The monoisotopic (exact) mass is 396 g/mol. The molecule has 2 aromatic rings. The number of benzene rings is 1. The van der Waals surface area contributed by atoms with E-state index in [2.05, 4.69) is 20.9 Å². The summed E-state index contributed by atoms with van der Waals surface area (Å²) >= 11 is 3.24. The number of likely N-dealkylation sites (tertiary alicyclic amines) is 1. The summed E-state index contributed by atoms with van der Waals surface area (Å²) in [7, 11) is 0. The van der Waals surface area contributed by atoms with E-state index in [1.165, 1.54) is 6.07 Å². The van der Waals surface area contributed by atoms with Crippen LogP contribution in [0.3, 0.4) is 0 Å². The van der Waals surface area contributed by atoms with Crippen molar-refractivity contribution in [2.24, 2.45) is 5.92 Å². The molecule has 1 aliphatic heterocycles. The highest BCUT2D eigenvalue weighted by atomic mass is 79.9. The Morgan fingerprint density at radius 2 is 2.17 bits per heavy atom. The third-order valence-corrected chi connectivity index (χ3v) is 4.91. The van der Waals surface area contributed by atoms with Crippen molar-refractivity contribution in [1.82, 2.24) is 9.88 Å². The summed E-state index contributed by atoms with van der Waals surface area (Å²) in [5, 5.41) is 9.19. The van der Waals surface area contributed by atoms with Crippen molar-refractivity contribution in [1.29, 1.82) is 0 Å². The Hall–Kier alpha value is -1.89. The SMILES string of the molecule is O=C(O)CC[C@H]1CCCN(C(=O)c2cc3c(F)cc(Br)cc3[nH]2)C1. The quantitative estimate of drug-likeness (QED) is 0.825. The molecule has 0 saturated carbocycles. The van der Waals surface area contributed by atoms with Crippen LogP contribution in [0, 0.1) is 11.7 Å². The zero-order valence-corrected chi connectivity index (χ0v) is 14.6. The third kappa shape index (κ3) is 3.61. The highest BCUT2D eigenvalue weighted by Gasteiger charge is 2.26. The van der Waals surface area contributed by atoms with Gasteiger partial charge in [-0.25, -0.2) is 4.39 Å². The minimum atomic E-state index is -0.810. The van der Waals surface area contributed by atoms with Crippen LogP contribution >= 0.6 is 15.9 Å². The number of carbonyl (C=O) groups excluding carboxylic acids is 1. The number of H-pyrrole nitrogens is 1. The molecule has 3 rings (SSSR count). The first kappa shape index (κ1) is 17.0. The van der Waals surface area contributed by atoms with E-state index in [1.54, 1.807) is 17.0 Å².